The van der Waals surface area contributed by atoms with E-state index in [1.54, 1.807) is 0 Å². The van der Waals surface area contributed by atoms with Crippen LogP contribution in [0.25, 0.3) is 54.7 Å². The molecule has 140 valence electrons. The first kappa shape index (κ1) is 16.1. The SMILES string of the molecule is c1ccc2c(c1)ccc1cc3c(nc12)-c1nc2c(ccc4ccccc42)cc1CC3. The molecule has 0 bridgehead atoms. The van der Waals surface area contributed by atoms with Gasteiger partial charge in [0.15, 0.2) is 0 Å². The molecule has 2 nitrogen and oxygen atoms in total. The highest BCUT2D eigenvalue weighted by molar-refractivity contribution is 6.08. The Labute approximate surface area is 173 Å². The summed E-state index contributed by atoms with van der Waals surface area (Å²) in [5.74, 6) is 0. The van der Waals surface area contributed by atoms with Crippen molar-refractivity contribution in [1.82, 2.24) is 9.97 Å². The van der Waals surface area contributed by atoms with Crippen molar-refractivity contribution in [3.05, 3.63) is 96.1 Å². The summed E-state index contributed by atoms with van der Waals surface area (Å²) in [6.07, 6.45) is 2.03. The Hall–Kier alpha value is -3.78. The summed E-state index contributed by atoms with van der Waals surface area (Å²) >= 11 is 0. The minimum atomic E-state index is 1.01. The Kier molecular flexibility index (Phi) is 3.14. The lowest BCUT2D eigenvalue weighted by atomic mass is 9.90. The molecular weight excluding hydrogens is 364 g/mol. The van der Waals surface area contributed by atoms with Gasteiger partial charge >= 0.3 is 0 Å². The molecule has 30 heavy (non-hydrogen) atoms. The molecule has 0 radical (unpaired) electrons. The molecule has 0 aliphatic heterocycles. The fraction of sp³-hybridized carbons (Fsp3) is 0.0714. The van der Waals surface area contributed by atoms with Gasteiger partial charge in [-0.05, 0) is 46.9 Å². The van der Waals surface area contributed by atoms with E-state index in [0.29, 0.717) is 0 Å². The van der Waals surface area contributed by atoms with Crippen LogP contribution >= 0.6 is 0 Å². The third-order valence-corrected chi connectivity index (χ3v) is 6.47. The molecule has 0 spiro atoms. The van der Waals surface area contributed by atoms with Gasteiger partial charge < -0.3 is 0 Å². The van der Waals surface area contributed by atoms with Crippen LogP contribution < -0.4 is 0 Å². The highest BCUT2D eigenvalue weighted by Crippen LogP contribution is 2.37. The quantitative estimate of drug-likeness (QED) is 0.268. The molecule has 6 aromatic rings. The van der Waals surface area contributed by atoms with Gasteiger partial charge in [0, 0.05) is 21.5 Å². The molecule has 0 unspecified atom stereocenters. The number of aromatic nitrogens is 2. The van der Waals surface area contributed by atoms with Crippen molar-refractivity contribution in [2.75, 3.05) is 0 Å². The smallest absolute Gasteiger partial charge is 0.0929 e. The first-order chi connectivity index (χ1) is 14.8. The van der Waals surface area contributed by atoms with Gasteiger partial charge in [-0.2, -0.15) is 0 Å². The molecule has 1 aliphatic rings. The van der Waals surface area contributed by atoms with Crippen LogP contribution in [-0.2, 0) is 12.8 Å². The molecule has 0 saturated heterocycles. The highest BCUT2D eigenvalue weighted by atomic mass is 14.8. The van der Waals surface area contributed by atoms with E-state index in [2.05, 4.69) is 84.9 Å². The number of hydrogen-bond donors (Lipinski definition) is 0. The maximum atomic E-state index is 5.21. The number of fused-ring (bicyclic) bond motifs is 9. The van der Waals surface area contributed by atoms with Crippen LogP contribution in [0, 0.1) is 0 Å². The van der Waals surface area contributed by atoms with Crippen molar-refractivity contribution in [3.8, 4) is 11.4 Å². The first-order valence-electron chi connectivity index (χ1n) is 10.5. The number of aryl methyl sites for hydroxylation is 2. The largest absolute Gasteiger partial charge is 0.245 e. The number of benzene rings is 4. The van der Waals surface area contributed by atoms with Crippen molar-refractivity contribution in [2.45, 2.75) is 12.8 Å². The fourth-order valence-corrected chi connectivity index (χ4v) is 4.97. The lowest BCUT2D eigenvalue weighted by molar-refractivity contribution is 0.923. The zero-order chi connectivity index (χ0) is 19.7. The molecule has 0 amide bonds. The normalized spacial score (nSPS) is 13.1. The van der Waals surface area contributed by atoms with Crippen LogP contribution in [-0.4, -0.2) is 9.97 Å². The second kappa shape index (κ2) is 5.87. The first-order valence-corrected chi connectivity index (χ1v) is 10.5. The molecule has 2 heterocycles. The van der Waals surface area contributed by atoms with E-state index < -0.39 is 0 Å². The summed E-state index contributed by atoms with van der Waals surface area (Å²) in [6, 6.07) is 30.4. The van der Waals surface area contributed by atoms with Crippen LogP contribution in [0.1, 0.15) is 11.1 Å². The summed E-state index contributed by atoms with van der Waals surface area (Å²) < 4.78 is 0. The summed E-state index contributed by atoms with van der Waals surface area (Å²) in [5, 5.41) is 7.29. The van der Waals surface area contributed by atoms with E-state index in [4.69, 9.17) is 9.97 Å². The third kappa shape index (κ3) is 2.19. The Morgan fingerprint density at radius 1 is 0.467 bits per heavy atom. The molecule has 0 atom stereocenters. The standard InChI is InChI=1S/C28H18N2/c1-3-7-23-17(5-1)9-11-19-15-21-13-14-22-16-20-12-10-18-6-2-4-8-24(18)26(20)30-28(22)27(21)29-25(19)23/h1-12,15-16H,13-14H2. The van der Waals surface area contributed by atoms with E-state index in [1.165, 1.54) is 43.4 Å². The Morgan fingerprint density at radius 2 is 0.900 bits per heavy atom. The minimum Gasteiger partial charge on any atom is -0.245 e. The van der Waals surface area contributed by atoms with E-state index in [-0.39, 0.29) is 0 Å². The Balaban J connectivity index is 1.58. The van der Waals surface area contributed by atoms with Gasteiger partial charge in [0.05, 0.1) is 22.4 Å². The van der Waals surface area contributed by atoms with Gasteiger partial charge in [0.2, 0.25) is 0 Å². The molecular formula is C28H18N2. The molecule has 0 saturated carbocycles. The molecule has 2 aromatic heterocycles. The van der Waals surface area contributed by atoms with Crippen LogP contribution in [0.2, 0.25) is 0 Å². The van der Waals surface area contributed by atoms with E-state index in [0.717, 1.165) is 35.3 Å². The topological polar surface area (TPSA) is 25.8 Å². The second-order valence-corrected chi connectivity index (χ2v) is 8.21. The van der Waals surface area contributed by atoms with Crippen LogP contribution in [0.3, 0.4) is 0 Å². The average Bonchev–Trinajstić information content (AvgIpc) is 2.81. The van der Waals surface area contributed by atoms with Crippen LogP contribution in [0.4, 0.5) is 0 Å². The molecule has 4 aromatic carbocycles. The van der Waals surface area contributed by atoms with Crippen molar-refractivity contribution in [2.24, 2.45) is 0 Å². The predicted molar refractivity (Wildman–Crippen MR) is 125 cm³/mol. The fourth-order valence-electron chi connectivity index (χ4n) is 4.97. The maximum Gasteiger partial charge on any atom is 0.0929 e. The summed E-state index contributed by atoms with van der Waals surface area (Å²) in [6.45, 7) is 0. The number of pyridine rings is 2. The third-order valence-electron chi connectivity index (χ3n) is 6.47. The summed E-state index contributed by atoms with van der Waals surface area (Å²) in [5.41, 5.74) is 6.85. The van der Waals surface area contributed by atoms with Crippen LogP contribution in [0.15, 0.2) is 84.9 Å². The van der Waals surface area contributed by atoms with Gasteiger partial charge in [-0.15, -0.1) is 0 Å². The number of rotatable bonds is 0. The van der Waals surface area contributed by atoms with Crippen molar-refractivity contribution >= 4 is 43.4 Å². The molecule has 0 fully saturated rings. The number of nitrogens with zero attached hydrogens (tertiary/aromatic N) is 2. The van der Waals surface area contributed by atoms with Gasteiger partial charge in [-0.1, -0.05) is 72.8 Å². The lowest BCUT2D eigenvalue weighted by Gasteiger charge is -2.20. The summed E-state index contributed by atoms with van der Waals surface area (Å²) in [7, 11) is 0. The predicted octanol–water partition coefficient (Wildman–Crippen LogP) is 6.86. The maximum absolute atomic E-state index is 5.21. The van der Waals surface area contributed by atoms with E-state index >= 15 is 0 Å². The van der Waals surface area contributed by atoms with Gasteiger partial charge in [-0.25, -0.2) is 9.97 Å². The zero-order valence-electron chi connectivity index (χ0n) is 16.4. The van der Waals surface area contributed by atoms with Gasteiger partial charge in [-0.3, -0.25) is 0 Å². The zero-order valence-corrected chi connectivity index (χ0v) is 16.4. The number of hydrogen-bond acceptors (Lipinski definition) is 2. The van der Waals surface area contributed by atoms with Gasteiger partial charge in [0.1, 0.15) is 0 Å². The average molecular weight is 382 g/mol. The monoisotopic (exact) mass is 382 g/mol. The van der Waals surface area contributed by atoms with E-state index in [9.17, 15) is 0 Å². The molecule has 1 aliphatic carbocycles. The Morgan fingerprint density at radius 3 is 1.40 bits per heavy atom. The minimum absolute atomic E-state index is 1.01. The second-order valence-electron chi connectivity index (χ2n) is 8.21. The molecule has 2 heteroatoms. The van der Waals surface area contributed by atoms with Crippen molar-refractivity contribution < 1.29 is 0 Å². The highest BCUT2D eigenvalue weighted by Gasteiger charge is 2.21. The van der Waals surface area contributed by atoms with Crippen molar-refractivity contribution in [3.63, 3.8) is 0 Å². The van der Waals surface area contributed by atoms with E-state index in [1.807, 2.05) is 0 Å². The van der Waals surface area contributed by atoms with Gasteiger partial charge in [0.25, 0.3) is 0 Å². The molecule has 0 N–H and O–H groups in total. The molecule has 7 rings (SSSR count). The van der Waals surface area contributed by atoms with Crippen LogP contribution in [0.5, 0.6) is 0 Å². The summed E-state index contributed by atoms with van der Waals surface area (Å²) in [4.78, 5) is 10.4. The van der Waals surface area contributed by atoms with Crippen molar-refractivity contribution in [1.29, 1.82) is 0 Å². The Bertz CT molecular complexity index is 1520. The lowest BCUT2D eigenvalue weighted by Crippen LogP contribution is -2.08.